The van der Waals surface area contributed by atoms with Crippen LogP contribution < -0.4 is 5.73 Å². The zero-order valence-electron chi connectivity index (χ0n) is 4.61. The lowest BCUT2D eigenvalue weighted by molar-refractivity contribution is 1.11. The van der Waals surface area contributed by atoms with E-state index in [4.69, 9.17) is 5.73 Å². The Balaban J connectivity index is 3.28. The van der Waals surface area contributed by atoms with Crippen LogP contribution in [-0.4, -0.2) is 9.97 Å². The van der Waals surface area contributed by atoms with Gasteiger partial charge in [-0.1, -0.05) is 0 Å². The van der Waals surface area contributed by atoms with Crippen molar-refractivity contribution < 1.29 is 0 Å². The quantitative estimate of drug-likeness (QED) is 0.704. The van der Waals surface area contributed by atoms with Gasteiger partial charge < -0.3 is 5.73 Å². The number of hydrogen-bond donors (Lipinski definition) is 1. The molecule has 0 amide bonds. The number of nitrogens with two attached hydrogens (primary N) is 1. The maximum Gasteiger partial charge on any atom is 0.157 e. The molecule has 6 heteroatoms. The molecule has 10 heavy (non-hydrogen) atoms. The Morgan fingerprint density at radius 1 is 1.20 bits per heavy atom. The van der Waals surface area contributed by atoms with E-state index in [-0.39, 0.29) is 0 Å². The third-order valence-electron chi connectivity index (χ3n) is 0.797. The molecule has 0 aliphatic rings. The molecule has 1 aromatic heterocycles. The number of hydrogen-bond acceptors (Lipinski definition) is 3. The van der Waals surface area contributed by atoms with E-state index in [9.17, 15) is 0 Å². The van der Waals surface area contributed by atoms with E-state index in [2.05, 4.69) is 41.8 Å². The summed E-state index contributed by atoms with van der Waals surface area (Å²) in [6.07, 6.45) is 0. The summed E-state index contributed by atoms with van der Waals surface area (Å²) in [4.78, 5) is 7.99. The van der Waals surface area contributed by atoms with Crippen LogP contribution in [0.1, 0.15) is 0 Å². The van der Waals surface area contributed by atoms with Crippen LogP contribution in [-0.2, 0) is 0 Å². The normalized spacial score (nSPS) is 9.90. The Hall–Kier alpha value is 0.570. The van der Waals surface area contributed by atoms with E-state index in [1.54, 1.807) is 0 Å². The largest absolute Gasteiger partial charge is 0.381 e. The van der Waals surface area contributed by atoms with Crippen molar-refractivity contribution in [3.8, 4) is 0 Å². The van der Waals surface area contributed by atoms with Crippen LogP contribution in [0.5, 0.6) is 0 Å². The fourth-order valence-corrected chi connectivity index (χ4v) is 1.63. The van der Waals surface area contributed by atoms with Crippen molar-refractivity contribution in [3.63, 3.8) is 0 Å². The van der Waals surface area contributed by atoms with Crippen LogP contribution in [0.25, 0.3) is 0 Å². The summed E-state index contributed by atoms with van der Waals surface area (Å²) in [5.74, 6) is 0.440. The van der Waals surface area contributed by atoms with Gasteiger partial charge >= 0.3 is 0 Å². The van der Waals surface area contributed by atoms with Gasteiger partial charge in [-0.15, -0.1) is 0 Å². The van der Waals surface area contributed by atoms with E-state index in [1.165, 1.54) is 0 Å². The highest BCUT2D eigenvalue weighted by molar-refractivity contribution is 14.1. The molecule has 0 aliphatic heterocycles. The molecule has 54 valence electrons. The van der Waals surface area contributed by atoms with Crippen molar-refractivity contribution >= 4 is 60.3 Å². The Morgan fingerprint density at radius 3 is 2.20 bits per heavy atom. The summed E-state index contributed by atoms with van der Waals surface area (Å²) in [7, 11) is 0. The van der Waals surface area contributed by atoms with Crippen LogP contribution >= 0.6 is 54.5 Å². The lowest BCUT2D eigenvalue weighted by Gasteiger charge is -1.97. The fourth-order valence-electron chi connectivity index (χ4n) is 0.388. The monoisotopic (exact) mass is 377 g/mol. The minimum atomic E-state index is 0.440. The molecular weight excluding hydrogens is 377 g/mol. The topological polar surface area (TPSA) is 51.8 Å². The molecule has 0 atom stereocenters. The van der Waals surface area contributed by atoms with Crippen molar-refractivity contribution in [1.82, 2.24) is 9.97 Å². The van der Waals surface area contributed by atoms with Crippen LogP contribution in [0.2, 0.25) is 0 Å². The molecule has 0 radical (unpaired) electrons. The van der Waals surface area contributed by atoms with Gasteiger partial charge in [-0.2, -0.15) is 0 Å². The summed E-state index contributed by atoms with van der Waals surface area (Å²) in [5.41, 5.74) is 5.46. The molecule has 0 spiro atoms. The van der Waals surface area contributed by atoms with E-state index in [1.807, 2.05) is 22.6 Å². The van der Waals surface area contributed by atoms with Gasteiger partial charge in [0.2, 0.25) is 0 Å². The second kappa shape index (κ2) is 3.31. The van der Waals surface area contributed by atoms with Crippen molar-refractivity contribution in [2.75, 3.05) is 5.73 Å². The summed E-state index contributed by atoms with van der Waals surface area (Å²) < 4.78 is 2.00. The van der Waals surface area contributed by atoms with E-state index in [0.29, 0.717) is 18.7 Å². The summed E-state index contributed by atoms with van der Waals surface area (Å²) in [6.45, 7) is 0. The number of halogens is 3. The molecule has 0 fully saturated rings. The molecule has 0 bridgehead atoms. The average molecular weight is 379 g/mol. The first-order valence-corrected chi connectivity index (χ1v) is 4.91. The van der Waals surface area contributed by atoms with Gasteiger partial charge in [-0.05, 0) is 54.5 Å². The molecule has 0 saturated heterocycles. The molecule has 2 N–H and O–H groups in total. The van der Waals surface area contributed by atoms with Gasteiger partial charge in [0.25, 0.3) is 0 Å². The first-order chi connectivity index (χ1) is 4.61. The standard InChI is InChI=1S/C4H2Br2IN3/c5-1-2(6)10-4(8)3(7)9-1/h(H2,8,10). The second-order valence-corrected chi connectivity index (χ2v) is 4.01. The zero-order valence-corrected chi connectivity index (χ0v) is 9.94. The summed E-state index contributed by atoms with van der Waals surface area (Å²) in [6, 6.07) is 0. The zero-order chi connectivity index (χ0) is 7.72. The molecule has 1 aromatic rings. The Morgan fingerprint density at radius 2 is 1.70 bits per heavy atom. The number of nitrogens with zero attached hydrogens (tertiary/aromatic N) is 2. The Kier molecular flexibility index (Phi) is 2.87. The molecule has 3 nitrogen and oxygen atoms in total. The van der Waals surface area contributed by atoms with Gasteiger partial charge in [0.1, 0.15) is 12.9 Å². The number of nitrogen functional groups attached to an aromatic ring is 1. The van der Waals surface area contributed by atoms with Gasteiger partial charge in [0.05, 0.1) is 0 Å². The molecule has 0 unspecified atom stereocenters. The smallest absolute Gasteiger partial charge is 0.157 e. The molecule has 1 heterocycles. The van der Waals surface area contributed by atoms with Crippen molar-refractivity contribution in [2.45, 2.75) is 0 Å². The highest BCUT2D eigenvalue weighted by Crippen LogP contribution is 2.21. The van der Waals surface area contributed by atoms with Gasteiger partial charge in [0.15, 0.2) is 5.82 Å². The van der Waals surface area contributed by atoms with E-state index in [0.717, 1.165) is 0 Å². The van der Waals surface area contributed by atoms with Crippen LogP contribution in [0.15, 0.2) is 9.21 Å². The predicted octanol–water partition coefficient (Wildman–Crippen LogP) is 2.19. The third kappa shape index (κ3) is 1.79. The third-order valence-corrected chi connectivity index (χ3v) is 3.23. The highest BCUT2D eigenvalue weighted by atomic mass is 127. The molecule has 0 saturated carbocycles. The molecule has 0 aromatic carbocycles. The molecule has 0 aliphatic carbocycles. The van der Waals surface area contributed by atoms with Crippen LogP contribution in [0, 0.1) is 3.70 Å². The minimum absolute atomic E-state index is 0.440. The van der Waals surface area contributed by atoms with Gasteiger partial charge in [-0.3, -0.25) is 0 Å². The number of rotatable bonds is 0. The van der Waals surface area contributed by atoms with Crippen LogP contribution in [0.3, 0.4) is 0 Å². The number of aromatic nitrogens is 2. The second-order valence-electron chi connectivity index (χ2n) is 1.48. The van der Waals surface area contributed by atoms with Crippen molar-refractivity contribution in [1.29, 1.82) is 0 Å². The van der Waals surface area contributed by atoms with E-state index < -0.39 is 0 Å². The fraction of sp³-hybridized carbons (Fsp3) is 0. The van der Waals surface area contributed by atoms with Gasteiger partial charge in [-0.25, -0.2) is 9.97 Å². The summed E-state index contributed by atoms with van der Waals surface area (Å²) in [5, 5.41) is 0. The average Bonchev–Trinajstić information content (AvgIpc) is 1.84. The minimum Gasteiger partial charge on any atom is -0.381 e. The first kappa shape index (κ1) is 8.66. The lowest BCUT2D eigenvalue weighted by Crippen LogP contribution is -1.97. The lowest BCUT2D eigenvalue weighted by atomic mass is 10.7. The number of anilines is 1. The SMILES string of the molecule is Nc1nc(Br)c(Br)nc1I. The Labute approximate surface area is 88.2 Å². The van der Waals surface area contributed by atoms with Gasteiger partial charge in [0, 0.05) is 0 Å². The van der Waals surface area contributed by atoms with Crippen LogP contribution in [0.4, 0.5) is 5.82 Å². The highest BCUT2D eigenvalue weighted by Gasteiger charge is 2.03. The van der Waals surface area contributed by atoms with Crippen molar-refractivity contribution in [3.05, 3.63) is 12.9 Å². The molecular formula is C4H2Br2IN3. The summed E-state index contributed by atoms with van der Waals surface area (Å²) >= 11 is 8.39. The maximum absolute atomic E-state index is 5.46. The van der Waals surface area contributed by atoms with Crippen molar-refractivity contribution in [2.24, 2.45) is 0 Å². The molecule has 1 rings (SSSR count). The van der Waals surface area contributed by atoms with E-state index >= 15 is 0 Å². The predicted molar refractivity (Wildman–Crippen MR) is 54.6 cm³/mol. The Bertz CT molecular complexity index is 215. The first-order valence-electron chi connectivity index (χ1n) is 2.25. The maximum atomic E-state index is 5.46.